The van der Waals surface area contributed by atoms with Crippen molar-refractivity contribution in [3.8, 4) is 0 Å². The number of rotatable bonds is 5. The highest BCUT2D eigenvalue weighted by Crippen LogP contribution is 2.53. The molecule has 9 heteroatoms. The highest BCUT2D eigenvalue weighted by molar-refractivity contribution is 7.09. The van der Waals surface area contributed by atoms with Gasteiger partial charge in [-0.3, -0.25) is 0 Å². The van der Waals surface area contributed by atoms with Crippen LogP contribution in [0, 0.1) is 5.82 Å². The van der Waals surface area contributed by atoms with Crippen LogP contribution in [0.4, 0.5) is 72.6 Å². The highest BCUT2D eigenvalue weighted by Gasteiger charge is 2.58. The zero-order valence-electron chi connectivity index (χ0n) is 44.7. The van der Waals surface area contributed by atoms with E-state index >= 15 is 4.39 Å². The Morgan fingerprint density at radius 2 is 0.603 bits per heavy atom. The Bertz CT molecular complexity index is 4250. The number of para-hydroxylation sites is 7. The van der Waals surface area contributed by atoms with Crippen molar-refractivity contribution >= 4 is 161 Å². The highest BCUT2D eigenvalue weighted by atomic mass is 19.1. The van der Waals surface area contributed by atoms with Gasteiger partial charge in [-0.15, -0.1) is 0 Å². The molecule has 0 N–H and O–H groups in total. The molecule has 4 nitrogen and oxygen atoms in total. The second-order valence-corrected chi connectivity index (χ2v) is 23.7. The Balaban J connectivity index is 1.07. The van der Waals surface area contributed by atoms with Gasteiger partial charge in [-0.1, -0.05) is 193 Å². The third-order valence-corrected chi connectivity index (χ3v) is 18.8. The Morgan fingerprint density at radius 1 is 0.295 bits per heavy atom. The molecule has 0 fully saturated rings. The van der Waals surface area contributed by atoms with Crippen molar-refractivity contribution in [1.29, 1.82) is 0 Å². The Kier molecular flexibility index (Phi) is 9.08. The van der Waals surface area contributed by atoms with Gasteiger partial charge in [0.2, 0.25) is 6.71 Å². The molecule has 0 bridgehead atoms. The van der Waals surface area contributed by atoms with Gasteiger partial charge in [0.1, 0.15) is 0 Å². The van der Waals surface area contributed by atoms with Gasteiger partial charge in [0.05, 0.1) is 11.4 Å². The van der Waals surface area contributed by atoms with E-state index in [1.807, 2.05) is 0 Å². The van der Waals surface area contributed by atoms with Crippen molar-refractivity contribution in [1.82, 2.24) is 0 Å². The molecule has 0 radical (unpaired) electrons. The van der Waals surface area contributed by atoms with E-state index in [0.29, 0.717) is 17.3 Å². The van der Waals surface area contributed by atoms with Gasteiger partial charge in [-0.25, -0.2) is 4.39 Å². The minimum absolute atomic E-state index is 0.0291. The first-order valence-electron chi connectivity index (χ1n) is 28.3. The number of nitrogens with zero attached hydrogens (tertiary/aromatic N) is 4. The molecule has 368 valence electrons. The van der Waals surface area contributed by atoms with Gasteiger partial charge in [-0.05, 0) is 143 Å². The predicted molar refractivity (Wildman–Crippen MR) is 332 cm³/mol. The molecule has 7 aliphatic heterocycles. The SMILES string of the molecule is CC(C)c1cc(C(C)C)c(B2c3ccccc3N(c3ccccc3)c3c2cc2c(c3F)N3c4ccccc4B4c5ccccc5N5c6ccccc6B6c7ccccc7N7c8ccccc8B2c2c7c6c5c4c23)c(C(C)C)c1. The Hall–Kier alpha value is -8.41. The Labute approximate surface area is 458 Å². The van der Waals surface area contributed by atoms with Crippen LogP contribution >= 0.6 is 0 Å². The summed E-state index contributed by atoms with van der Waals surface area (Å²) >= 11 is 0. The van der Waals surface area contributed by atoms with Gasteiger partial charge < -0.3 is 19.6 Å². The number of benzene rings is 10. The topological polar surface area (TPSA) is 13.0 Å². The maximum atomic E-state index is 20.6. The molecule has 0 saturated carbocycles. The fraction of sp³-hybridized carbons (Fsp3) is 0.130. The monoisotopic (exact) mass is 1000 g/mol. The molecule has 0 aromatic heterocycles. The maximum Gasteiger partial charge on any atom is 0.252 e. The summed E-state index contributed by atoms with van der Waals surface area (Å²) in [4.78, 5) is 9.87. The first-order chi connectivity index (χ1) is 38.2. The van der Waals surface area contributed by atoms with Crippen molar-refractivity contribution in [2.75, 3.05) is 19.6 Å². The molecule has 0 spiro atoms. The van der Waals surface area contributed by atoms with Crippen molar-refractivity contribution in [3.63, 3.8) is 0 Å². The molecule has 0 amide bonds. The number of hydrogen-bond donors (Lipinski definition) is 0. The van der Waals surface area contributed by atoms with Crippen LogP contribution in [0.2, 0.25) is 0 Å². The summed E-state index contributed by atoms with van der Waals surface area (Å²) in [7, 11) is 0. The molecule has 17 rings (SSSR count). The zero-order chi connectivity index (χ0) is 52.1. The lowest BCUT2D eigenvalue weighted by Crippen LogP contribution is -2.75. The number of anilines is 12. The first-order valence-corrected chi connectivity index (χ1v) is 28.3. The molecule has 0 unspecified atom stereocenters. The molecule has 7 heterocycles. The largest absolute Gasteiger partial charge is 0.312 e. The van der Waals surface area contributed by atoms with E-state index in [-0.39, 0.29) is 44.5 Å². The van der Waals surface area contributed by atoms with Gasteiger partial charge in [0.25, 0.3) is 20.1 Å². The number of hydrogen-bond acceptors (Lipinski definition) is 4. The second-order valence-electron chi connectivity index (χ2n) is 23.7. The molecule has 78 heavy (non-hydrogen) atoms. The summed E-state index contributed by atoms with van der Waals surface area (Å²) in [6.45, 7) is 13.3. The van der Waals surface area contributed by atoms with Gasteiger partial charge in [0, 0.05) is 56.9 Å². The van der Waals surface area contributed by atoms with Crippen LogP contribution in [-0.2, 0) is 0 Å². The molecular weight excluding hydrogens is 947 g/mol. The summed E-state index contributed by atoms with van der Waals surface area (Å²) in [6, 6.07) is 72.3. The third kappa shape index (κ3) is 5.49. The smallest absolute Gasteiger partial charge is 0.252 e. The summed E-state index contributed by atoms with van der Waals surface area (Å²) in [5.41, 5.74) is 31.3. The second kappa shape index (κ2) is 15.9. The quantitative estimate of drug-likeness (QED) is 0.160. The van der Waals surface area contributed by atoms with Crippen LogP contribution in [0.3, 0.4) is 0 Å². The lowest BCUT2D eigenvalue weighted by Gasteiger charge is -2.56. The fourth-order valence-electron chi connectivity index (χ4n) is 15.8. The van der Waals surface area contributed by atoms with Crippen molar-refractivity contribution in [2.45, 2.75) is 59.3 Å². The average molecular weight is 1000 g/mol. The van der Waals surface area contributed by atoms with Gasteiger partial charge in [0.15, 0.2) is 5.82 Å². The van der Waals surface area contributed by atoms with E-state index in [4.69, 9.17) is 0 Å². The number of halogens is 1. The van der Waals surface area contributed by atoms with E-state index in [1.54, 1.807) is 0 Å². The zero-order valence-corrected chi connectivity index (χ0v) is 44.7. The van der Waals surface area contributed by atoms with Crippen LogP contribution in [-0.4, -0.2) is 26.9 Å². The summed E-state index contributed by atoms with van der Waals surface area (Å²) in [6.07, 6.45) is 0. The van der Waals surface area contributed by atoms with E-state index in [0.717, 1.165) is 39.4 Å². The van der Waals surface area contributed by atoms with Crippen molar-refractivity contribution in [3.05, 3.63) is 217 Å². The summed E-state index contributed by atoms with van der Waals surface area (Å²) in [5.74, 6) is 0.614. The van der Waals surface area contributed by atoms with Crippen LogP contribution < -0.4 is 85.2 Å². The Morgan fingerprint density at radius 3 is 0.987 bits per heavy atom. The summed E-state index contributed by atoms with van der Waals surface area (Å²) < 4.78 is 20.6. The lowest BCUT2D eigenvalue weighted by atomic mass is 9.24. The third-order valence-electron chi connectivity index (χ3n) is 18.8. The van der Waals surface area contributed by atoms with Crippen molar-refractivity contribution in [2.24, 2.45) is 0 Å². The lowest BCUT2D eigenvalue weighted by molar-refractivity contribution is 0.631. The molecule has 0 atom stereocenters. The van der Waals surface area contributed by atoms with Gasteiger partial charge in [-0.2, -0.15) is 0 Å². The van der Waals surface area contributed by atoms with Crippen LogP contribution in [0.1, 0.15) is 76.0 Å². The minimum Gasteiger partial charge on any atom is -0.312 e. The first kappa shape index (κ1) is 44.7. The fourth-order valence-corrected chi connectivity index (χ4v) is 15.8. The summed E-state index contributed by atoms with van der Waals surface area (Å²) in [5, 5.41) is 0. The maximum absolute atomic E-state index is 20.6. The number of fused-ring (bicyclic) bond motifs is 20. The molecule has 7 aliphatic rings. The standard InChI is InChI=1S/C69H53B4FN4/c1-39(2)42-36-44(40(3)4)60(45(37-42)41(5)6)72-46-24-10-16-30-54(46)75(43-22-8-7-9-23-43)65-52(72)38-53-66(64(65)74)78-59-35-21-15-29-51(59)71-49-27-13-19-33-57(49)76-55-31-17-11-25-47(55)70-48-26-12-18-32-56(48)77-58-34-20-14-28-50(58)73(53)63-68(77)61(70)67(76)62(71)69(63)78/h7-41H,1-6H3. The minimum atomic E-state index is -0.296. The van der Waals surface area contributed by atoms with E-state index < -0.39 is 0 Å². The molecule has 10 aromatic rings. The predicted octanol–water partition coefficient (Wildman–Crippen LogP) is 9.33. The normalized spacial score (nSPS) is 14.7. The van der Waals surface area contributed by atoms with Crippen LogP contribution in [0.5, 0.6) is 0 Å². The van der Waals surface area contributed by atoms with E-state index in [1.165, 1.54) is 99.8 Å². The van der Waals surface area contributed by atoms with Crippen LogP contribution in [0.25, 0.3) is 0 Å². The van der Waals surface area contributed by atoms with Crippen LogP contribution in [0.15, 0.2) is 194 Å². The van der Waals surface area contributed by atoms with E-state index in [9.17, 15) is 0 Å². The average Bonchev–Trinajstić information content (AvgIpc) is 1.02. The molecule has 0 saturated heterocycles. The van der Waals surface area contributed by atoms with E-state index in [2.05, 4.69) is 255 Å². The van der Waals surface area contributed by atoms with Gasteiger partial charge >= 0.3 is 0 Å². The molecule has 10 aromatic carbocycles. The molecular formula is C69H53B4FN4. The van der Waals surface area contributed by atoms with Crippen molar-refractivity contribution < 1.29 is 4.39 Å². The molecule has 0 aliphatic carbocycles.